The standard InChI is InChI=1S/C12H17F5N2O/c13-11(14,12(15,16)17)10(20)19-7-2-1-5-9(19)8-4-3-6-18-8/h8-9,18H,1-7H2. The molecular formula is C12H17F5N2O. The van der Waals surface area contributed by atoms with Crippen LogP contribution in [0.1, 0.15) is 32.1 Å². The molecule has 2 unspecified atom stereocenters. The largest absolute Gasteiger partial charge is 0.463 e. The van der Waals surface area contributed by atoms with E-state index in [1.807, 2.05) is 0 Å². The van der Waals surface area contributed by atoms with E-state index in [0.717, 1.165) is 17.7 Å². The van der Waals surface area contributed by atoms with Gasteiger partial charge in [-0.25, -0.2) is 0 Å². The maximum absolute atomic E-state index is 13.2. The van der Waals surface area contributed by atoms with Crippen LogP contribution in [0.25, 0.3) is 0 Å². The number of alkyl halides is 5. The highest BCUT2D eigenvalue weighted by Crippen LogP contribution is 2.38. The fourth-order valence-corrected chi connectivity index (χ4v) is 2.97. The van der Waals surface area contributed by atoms with Crippen LogP contribution in [0.5, 0.6) is 0 Å². The summed E-state index contributed by atoms with van der Waals surface area (Å²) in [5.41, 5.74) is 0. The molecule has 116 valence electrons. The van der Waals surface area contributed by atoms with E-state index in [1.165, 1.54) is 0 Å². The number of carbonyl (C=O) groups is 1. The normalized spacial score (nSPS) is 28.8. The molecule has 3 nitrogen and oxygen atoms in total. The molecule has 0 aliphatic carbocycles. The van der Waals surface area contributed by atoms with Crippen molar-refractivity contribution in [3.05, 3.63) is 0 Å². The van der Waals surface area contributed by atoms with E-state index < -0.39 is 24.0 Å². The second-order valence-corrected chi connectivity index (χ2v) is 5.34. The molecule has 2 aliphatic heterocycles. The average Bonchev–Trinajstić information content (AvgIpc) is 2.90. The van der Waals surface area contributed by atoms with Gasteiger partial charge in [0.25, 0.3) is 0 Å². The van der Waals surface area contributed by atoms with Crippen molar-refractivity contribution in [1.29, 1.82) is 0 Å². The number of hydrogen-bond donors (Lipinski definition) is 1. The highest BCUT2D eigenvalue weighted by molar-refractivity contribution is 5.85. The number of carbonyl (C=O) groups excluding carboxylic acids is 1. The molecule has 0 bridgehead atoms. The summed E-state index contributed by atoms with van der Waals surface area (Å²) in [6.07, 6.45) is -2.62. The number of rotatable bonds is 2. The van der Waals surface area contributed by atoms with Crippen LogP contribution >= 0.6 is 0 Å². The Morgan fingerprint density at radius 1 is 1.05 bits per heavy atom. The molecule has 2 aliphatic rings. The third kappa shape index (κ3) is 2.75. The maximum Gasteiger partial charge on any atom is 0.463 e. The number of nitrogens with zero attached hydrogens (tertiary/aromatic N) is 1. The van der Waals surface area contributed by atoms with E-state index >= 15 is 0 Å². The first-order chi connectivity index (χ1) is 9.25. The van der Waals surface area contributed by atoms with Gasteiger partial charge in [-0.1, -0.05) is 0 Å². The Morgan fingerprint density at radius 2 is 1.75 bits per heavy atom. The second-order valence-electron chi connectivity index (χ2n) is 5.34. The molecule has 2 fully saturated rings. The van der Waals surface area contributed by atoms with Gasteiger partial charge in [-0.2, -0.15) is 22.0 Å². The Labute approximate surface area is 113 Å². The highest BCUT2D eigenvalue weighted by atomic mass is 19.4. The lowest BCUT2D eigenvalue weighted by Gasteiger charge is -2.40. The summed E-state index contributed by atoms with van der Waals surface area (Å²) >= 11 is 0. The number of likely N-dealkylation sites (tertiary alicyclic amines) is 1. The van der Waals surface area contributed by atoms with E-state index in [9.17, 15) is 26.7 Å². The molecule has 0 aromatic heterocycles. The van der Waals surface area contributed by atoms with Crippen molar-refractivity contribution in [2.24, 2.45) is 0 Å². The van der Waals surface area contributed by atoms with Gasteiger partial charge in [0.2, 0.25) is 0 Å². The fourth-order valence-electron chi connectivity index (χ4n) is 2.97. The van der Waals surface area contributed by atoms with Crippen LogP contribution in [-0.4, -0.2) is 48.1 Å². The van der Waals surface area contributed by atoms with Crippen molar-refractivity contribution < 1.29 is 26.7 Å². The van der Waals surface area contributed by atoms with Crippen molar-refractivity contribution >= 4 is 5.91 Å². The molecule has 0 saturated carbocycles. The Balaban J connectivity index is 2.17. The average molecular weight is 300 g/mol. The Bertz CT molecular complexity index is 365. The molecule has 0 radical (unpaired) electrons. The predicted molar refractivity (Wildman–Crippen MR) is 61.4 cm³/mol. The predicted octanol–water partition coefficient (Wildman–Crippen LogP) is 2.32. The zero-order chi connectivity index (χ0) is 15.0. The van der Waals surface area contributed by atoms with Crippen molar-refractivity contribution in [3.63, 3.8) is 0 Å². The summed E-state index contributed by atoms with van der Waals surface area (Å²) in [5, 5.41) is 3.08. The first kappa shape index (κ1) is 15.5. The molecule has 2 heterocycles. The van der Waals surface area contributed by atoms with Gasteiger partial charge in [0.15, 0.2) is 0 Å². The van der Waals surface area contributed by atoms with Gasteiger partial charge in [0.05, 0.1) is 0 Å². The quantitative estimate of drug-likeness (QED) is 0.794. The van der Waals surface area contributed by atoms with Crippen molar-refractivity contribution in [2.45, 2.75) is 56.3 Å². The van der Waals surface area contributed by atoms with Crippen molar-refractivity contribution in [1.82, 2.24) is 10.2 Å². The van der Waals surface area contributed by atoms with Gasteiger partial charge in [0.1, 0.15) is 0 Å². The number of hydrogen-bond acceptors (Lipinski definition) is 2. The lowest BCUT2D eigenvalue weighted by molar-refractivity contribution is -0.275. The molecule has 20 heavy (non-hydrogen) atoms. The summed E-state index contributed by atoms with van der Waals surface area (Å²) in [6, 6.07) is -0.741. The van der Waals surface area contributed by atoms with Crippen molar-refractivity contribution in [2.75, 3.05) is 13.1 Å². The van der Waals surface area contributed by atoms with Gasteiger partial charge in [-0.3, -0.25) is 4.79 Å². The Morgan fingerprint density at radius 3 is 2.30 bits per heavy atom. The van der Waals surface area contributed by atoms with Crippen LogP contribution in [0.15, 0.2) is 0 Å². The summed E-state index contributed by atoms with van der Waals surface area (Å²) < 4.78 is 63.5. The lowest BCUT2D eigenvalue weighted by Crippen LogP contribution is -2.60. The third-order valence-electron chi connectivity index (χ3n) is 4.00. The minimum Gasteiger partial charge on any atom is -0.333 e. The van der Waals surface area contributed by atoms with Gasteiger partial charge >= 0.3 is 18.0 Å². The van der Waals surface area contributed by atoms with Gasteiger partial charge in [0, 0.05) is 18.6 Å². The maximum atomic E-state index is 13.2. The van der Waals surface area contributed by atoms with Crippen LogP contribution in [-0.2, 0) is 4.79 Å². The van der Waals surface area contributed by atoms with Crippen LogP contribution in [0.4, 0.5) is 22.0 Å². The molecule has 0 spiro atoms. The number of nitrogens with one attached hydrogen (secondary N) is 1. The molecule has 1 amide bonds. The third-order valence-corrected chi connectivity index (χ3v) is 4.00. The van der Waals surface area contributed by atoms with Crippen LogP contribution in [0.3, 0.4) is 0 Å². The van der Waals surface area contributed by atoms with Crippen LogP contribution in [0, 0.1) is 0 Å². The minimum absolute atomic E-state index is 0.0344. The molecule has 0 aromatic carbocycles. The van der Waals surface area contributed by atoms with E-state index in [4.69, 9.17) is 0 Å². The van der Waals surface area contributed by atoms with Crippen LogP contribution < -0.4 is 5.32 Å². The fraction of sp³-hybridized carbons (Fsp3) is 0.917. The van der Waals surface area contributed by atoms with Gasteiger partial charge in [-0.15, -0.1) is 0 Å². The number of halogens is 5. The minimum atomic E-state index is -5.84. The highest BCUT2D eigenvalue weighted by Gasteiger charge is 2.65. The zero-order valence-corrected chi connectivity index (χ0v) is 10.8. The van der Waals surface area contributed by atoms with E-state index in [1.54, 1.807) is 0 Å². The van der Waals surface area contributed by atoms with E-state index in [2.05, 4.69) is 5.32 Å². The van der Waals surface area contributed by atoms with E-state index in [-0.39, 0.29) is 12.6 Å². The van der Waals surface area contributed by atoms with Gasteiger partial charge < -0.3 is 10.2 Å². The summed E-state index contributed by atoms with van der Waals surface area (Å²) in [5.74, 6) is -7.41. The Hall–Kier alpha value is -0.920. The summed E-state index contributed by atoms with van der Waals surface area (Å²) in [6.45, 7) is 0.673. The summed E-state index contributed by atoms with van der Waals surface area (Å²) in [7, 11) is 0. The van der Waals surface area contributed by atoms with Gasteiger partial charge in [-0.05, 0) is 38.6 Å². The zero-order valence-electron chi connectivity index (χ0n) is 10.8. The monoisotopic (exact) mass is 300 g/mol. The molecule has 0 aromatic rings. The molecule has 8 heteroatoms. The smallest absolute Gasteiger partial charge is 0.333 e. The topological polar surface area (TPSA) is 32.3 Å². The molecule has 2 atom stereocenters. The SMILES string of the molecule is O=C(N1CCCCC1C1CCCN1)C(F)(F)C(F)(F)F. The van der Waals surface area contributed by atoms with Crippen LogP contribution in [0.2, 0.25) is 0 Å². The molecule has 2 saturated heterocycles. The molecular weight excluding hydrogens is 283 g/mol. The summed E-state index contributed by atoms with van der Waals surface area (Å²) in [4.78, 5) is 12.4. The lowest BCUT2D eigenvalue weighted by atomic mass is 9.94. The van der Waals surface area contributed by atoms with E-state index in [0.29, 0.717) is 25.8 Å². The first-order valence-corrected chi connectivity index (χ1v) is 6.74. The number of amides is 1. The number of piperidine rings is 1. The van der Waals surface area contributed by atoms with Crippen molar-refractivity contribution in [3.8, 4) is 0 Å². The first-order valence-electron chi connectivity index (χ1n) is 6.74. The second kappa shape index (κ2) is 5.46. The molecule has 1 N–H and O–H groups in total. The Kier molecular flexibility index (Phi) is 4.22. The molecule has 2 rings (SSSR count).